The van der Waals surface area contributed by atoms with Crippen molar-refractivity contribution >= 4 is 5.91 Å². The molecule has 90 valence electrons. The van der Waals surface area contributed by atoms with Gasteiger partial charge < -0.3 is 16.2 Å². The number of carbonyl (C=O) groups excluding carboxylic acids is 1. The predicted molar refractivity (Wildman–Crippen MR) is 61.4 cm³/mol. The van der Waals surface area contributed by atoms with E-state index in [9.17, 15) is 9.90 Å². The lowest BCUT2D eigenvalue weighted by atomic mass is 9.92. The van der Waals surface area contributed by atoms with E-state index in [4.69, 9.17) is 5.73 Å². The van der Waals surface area contributed by atoms with E-state index in [0.29, 0.717) is 12.8 Å². The van der Waals surface area contributed by atoms with Crippen molar-refractivity contribution in [3.05, 3.63) is 0 Å². The summed E-state index contributed by atoms with van der Waals surface area (Å²) in [4.78, 5) is 11.7. The molecular weight excluding hydrogens is 192 g/mol. The maximum absolute atomic E-state index is 11.7. The Morgan fingerprint density at radius 2 is 1.87 bits per heavy atom. The minimum Gasteiger partial charge on any atom is -0.394 e. The van der Waals surface area contributed by atoms with Gasteiger partial charge in [-0.15, -0.1) is 0 Å². The van der Waals surface area contributed by atoms with Crippen LogP contribution in [0.2, 0.25) is 0 Å². The SMILES string of the molecule is CCC(CC)(CO)NC(=O)[C@H](N)C(C)C. The largest absolute Gasteiger partial charge is 0.394 e. The van der Waals surface area contributed by atoms with Gasteiger partial charge in [-0.1, -0.05) is 27.7 Å². The average Bonchev–Trinajstić information content (AvgIpc) is 2.24. The van der Waals surface area contributed by atoms with Crippen LogP contribution in [0.1, 0.15) is 40.5 Å². The molecule has 4 heteroatoms. The number of hydrogen-bond donors (Lipinski definition) is 3. The Hall–Kier alpha value is -0.610. The fraction of sp³-hybridized carbons (Fsp3) is 0.909. The third-order valence-electron chi connectivity index (χ3n) is 3.07. The predicted octanol–water partition coefficient (Wildman–Crippen LogP) is 0.637. The molecule has 4 N–H and O–H groups in total. The summed E-state index contributed by atoms with van der Waals surface area (Å²) in [5, 5.41) is 12.1. The first-order valence-electron chi connectivity index (χ1n) is 5.61. The molecule has 0 bridgehead atoms. The van der Waals surface area contributed by atoms with E-state index >= 15 is 0 Å². The van der Waals surface area contributed by atoms with Gasteiger partial charge in [-0.05, 0) is 18.8 Å². The smallest absolute Gasteiger partial charge is 0.237 e. The molecule has 15 heavy (non-hydrogen) atoms. The molecule has 0 radical (unpaired) electrons. The molecule has 0 saturated carbocycles. The lowest BCUT2D eigenvalue weighted by Gasteiger charge is -2.32. The van der Waals surface area contributed by atoms with Gasteiger partial charge >= 0.3 is 0 Å². The standard InChI is InChI=1S/C11H24N2O2/c1-5-11(6-2,7-14)13-10(15)9(12)8(3)4/h8-9,14H,5-7,12H2,1-4H3,(H,13,15)/t9-/m1/s1. The Kier molecular flexibility index (Phi) is 5.83. The molecule has 0 fully saturated rings. The molecule has 0 aromatic heterocycles. The molecule has 0 heterocycles. The molecule has 1 amide bonds. The monoisotopic (exact) mass is 216 g/mol. The molecular formula is C11H24N2O2. The average molecular weight is 216 g/mol. The zero-order chi connectivity index (χ0) is 12.1. The van der Waals surface area contributed by atoms with Gasteiger partial charge in [-0.2, -0.15) is 0 Å². The highest BCUT2D eigenvalue weighted by Gasteiger charge is 2.29. The fourth-order valence-electron chi connectivity index (χ4n) is 1.34. The summed E-state index contributed by atoms with van der Waals surface area (Å²) in [5.41, 5.74) is 5.23. The van der Waals surface area contributed by atoms with Crippen LogP contribution in [0.5, 0.6) is 0 Å². The van der Waals surface area contributed by atoms with Crippen LogP contribution in [0.15, 0.2) is 0 Å². The fourth-order valence-corrected chi connectivity index (χ4v) is 1.34. The van der Waals surface area contributed by atoms with Gasteiger partial charge in [0.25, 0.3) is 0 Å². The molecule has 0 rings (SSSR count). The van der Waals surface area contributed by atoms with Crippen molar-refractivity contribution < 1.29 is 9.90 Å². The third kappa shape index (κ3) is 3.80. The number of aliphatic hydroxyl groups is 1. The Bertz CT molecular complexity index is 192. The van der Waals surface area contributed by atoms with Gasteiger partial charge in [0, 0.05) is 0 Å². The van der Waals surface area contributed by atoms with Crippen LogP contribution in [0.3, 0.4) is 0 Å². The lowest BCUT2D eigenvalue weighted by molar-refractivity contribution is -0.126. The zero-order valence-corrected chi connectivity index (χ0v) is 10.2. The Morgan fingerprint density at radius 1 is 1.40 bits per heavy atom. The van der Waals surface area contributed by atoms with E-state index < -0.39 is 11.6 Å². The number of hydrogen-bond acceptors (Lipinski definition) is 3. The molecule has 1 atom stereocenters. The lowest BCUT2D eigenvalue weighted by Crippen LogP contribution is -2.56. The van der Waals surface area contributed by atoms with Crippen LogP contribution in [-0.2, 0) is 4.79 Å². The van der Waals surface area contributed by atoms with Crippen molar-refractivity contribution in [2.45, 2.75) is 52.1 Å². The van der Waals surface area contributed by atoms with Gasteiger partial charge in [0.15, 0.2) is 0 Å². The quantitative estimate of drug-likeness (QED) is 0.610. The second-order valence-electron chi connectivity index (χ2n) is 4.40. The summed E-state index contributed by atoms with van der Waals surface area (Å²) >= 11 is 0. The summed E-state index contributed by atoms with van der Waals surface area (Å²) in [7, 11) is 0. The van der Waals surface area contributed by atoms with Gasteiger partial charge in [0.1, 0.15) is 0 Å². The van der Waals surface area contributed by atoms with Crippen LogP contribution < -0.4 is 11.1 Å². The van der Waals surface area contributed by atoms with Gasteiger partial charge in [-0.25, -0.2) is 0 Å². The summed E-state index contributed by atoms with van der Waals surface area (Å²) in [6.45, 7) is 7.66. The zero-order valence-electron chi connectivity index (χ0n) is 10.2. The summed E-state index contributed by atoms with van der Waals surface area (Å²) < 4.78 is 0. The van der Waals surface area contributed by atoms with Crippen molar-refractivity contribution in [1.29, 1.82) is 0 Å². The Balaban J connectivity index is 4.48. The first-order valence-corrected chi connectivity index (χ1v) is 5.61. The van der Waals surface area contributed by atoms with Gasteiger partial charge in [-0.3, -0.25) is 4.79 Å². The molecule has 0 aliphatic carbocycles. The number of amides is 1. The molecule has 0 aromatic rings. The van der Waals surface area contributed by atoms with Crippen LogP contribution in [0.25, 0.3) is 0 Å². The number of aliphatic hydroxyl groups excluding tert-OH is 1. The maximum Gasteiger partial charge on any atom is 0.237 e. The van der Waals surface area contributed by atoms with E-state index in [-0.39, 0.29) is 18.4 Å². The van der Waals surface area contributed by atoms with E-state index in [2.05, 4.69) is 5.32 Å². The molecule has 0 aliphatic heterocycles. The molecule has 0 aliphatic rings. The number of rotatable bonds is 6. The molecule has 0 spiro atoms. The molecule has 0 aromatic carbocycles. The summed E-state index contributed by atoms with van der Waals surface area (Å²) in [6.07, 6.45) is 1.41. The van der Waals surface area contributed by atoms with Crippen molar-refractivity contribution in [3.8, 4) is 0 Å². The third-order valence-corrected chi connectivity index (χ3v) is 3.07. The second kappa shape index (κ2) is 6.08. The summed E-state index contributed by atoms with van der Waals surface area (Å²) in [5.74, 6) is -0.0714. The number of nitrogens with one attached hydrogen (secondary N) is 1. The Morgan fingerprint density at radius 3 is 2.13 bits per heavy atom. The first kappa shape index (κ1) is 14.4. The first-order chi connectivity index (χ1) is 6.92. The van der Waals surface area contributed by atoms with Gasteiger partial charge in [0.05, 0.1) is 18.2 Å². The van der Waals surface area contributed by atoms with E-state index in [0.717, 1.165) is 0 Å². The highest BCUT2D eigenvalue weighted by atomic mass is 16.3. The second-order valence-corrected chi connectivity index (χ2v) is 4.40. The van der Waals surface area contributed by atoms with Crippen molar-refractivity contribution in [3.63, 3.8) is 0 Å². The van der Waals surface area contributed by atoms with Crippen LogP contribution in [0, 0.1) is 5.92 Å². The van der Waals surface area contributed by atoms with Gasteiger partial charge in [0.2, 0.25) is 5.91 Å². The molecule has 0 unspecified atom stereocenters. The van der Waals surface area contributed by atoms with E-state index in [1.54, 1.807) is 0 Å². The minimum absolute atomic E-state index is 0.0451. The number of nitrogens with two attached hydrogens (primary N) is 1. The van der Waals surface area contributed by atoms with Crippen LogP contribution >= 0.6 is 0 Å². The molecule has 0 saturated heterocycles. The van der Waals surface area contributed by atoms with Crippen molar-refractivity contribution in [2.75, 3.05) is 6.61 Å². The summed E-state index contributed by atoms with van der Waals surface area (Å²) in [6, 6.07) is -0.506. The van der Waals surface area contributed by atoms with Crippen LogP contribution in [0.4, 0.5) is 0 Å². The highest BCUT2D eigenvalue weighted by molar-refractivity contribution is 5.82. The highest BCUT2D eigenvalue weighted by Crippen LogP contribution is 2.14. The normalized spacial score (nSPS) is 14.1. The number of carbonyl (C=O) groups is 1. The van der Waals surface area contributed by atoms with E-state index in [1.165, 1.54) is 0 Å². The Labute approximate surface area is 92.2 Å². The maximum atomic E-state index is 11.7. The topological polar surface area (TPSA) is 75.3 Å². The molecule has 4 nitrogen and oxygen atoms in total. The van der Waals surface area contributed by atoms with Crippen LogP contribution in [-0.4, -0.2) is 29.2 Å². The van der Waals surface area contributed by atoms with Crippen molar-refractivity contribution in [2.24, 2.45) is 11.7 Å². The minimum atomic E-state index is -0.510. The van der Waals surface area contributed by atoms with Crippen molar-refractivity contribution in [1.82, 2.24) is 5.32 Å². The van der Waals surface area contributed by atoms with E-state index in [1.807, 2.05) is 27.7 Å².